The van der Waals surface area contributed by atoms with Gasteiger partial charge in [0.25, 0.3) is 0 Å². The van der Waals surface area contributed by atoms with Crippen molar-refractivity contribution < 1.29 is 9.72 Å². The van der Waals surface area contributed by atoms with E-state index in [9.17, 15) is 14.9 Å². The Morgan fingerprint density at radius 3 is 2.75 bits per heavy atom. The predicted molar refractivity (Wildman–Crippen MR) is 87.5 cm³/mol. The van der Waals surface area contributed by atoms with Crippen molar-refractivity contribution in [2.75, 3.05) is 6.54 Å². The molecule has 1 amide bonds. The summed E-state index contributed by atoms with van der Waals surface area (Å²) >= 11 is 0. The minimum Gasteiger partial charge on any atom is -0.358 e. The second-order valence-corrected chi connectivity index (χ2v) is 5.69. The van der Waals surface area contributed by atoms with Crippen LogP contribution in [0.2, 0.25) is 0 Å². The molecule has 0 saturated heterocycles. The topological polar surface area (TPSA) is 108 Å². The Labute approximate surface area is 139 Å². The maximum Gasteiger partial charge on any atom is 0.390 e. The lowest BCUT2D eigenvalue weighted by molar-refractivity contribution is -0.389. The van der Waals surface area contributed by atoms with Crippen molar-refractivity contribution in [2.24, 2.45) is 0 Å². The fourth-order valence-corrected chi connectivity index (χ4v) is 2.50. The molecule has 0 aliphatic rings. The van der Waals surface area contributed by atoms with E-state index in [0.717, 1.165) is 18.5 Å². The highest BCUT2D eigenvalue weighted by Gasteiger charge is 2.26. The number of nitro groups is 1. The van der Waals surface area contributed by atoms with Crippen molar-refractivity contribution in [2.45, 2.75) is 46.2 Å². The number of hydrogen-bond acceptors (Lipinski definition) is 5. The van der Waals surface area contributed by atoms with E-state index in [-0.39, 0.29) is 11.7 Å². The molecule has 0 fully saturated rings. The third kappa shape index (κ3) is 4.18. The Balaban J connectivity index is 1.90. The highest BCUT2D eigenvalue weighted by Crippen LogP contribution is 2.18. The molecule has 9 nitrogen and oxygen atoms in total. The van der Waals surface area contributed by atoms with Crippen LogP contribution in [0.4, 0.5) is 5.82 Å². The summed E-state index contributed by atoms with van der Waals surface area (Å²) in [5.74, 6) is -0.428. The zero-order valence-corrected chi connectivity index (χ0v) is 14.1. The average Bonchev–Trinajstić information content (AvgIpc) is 3.11. The highest BCUT2D eigenvalue weighted by atomic mass is 16.6. The summed E-state index contributed by atoms with van der Waals surface area (Å²) in [6, 6.07) is 0.821. The molecule has 0 aromatic carbocycles. The summed E-state index contributed by atoms with van der Waals surface area (Å²) in [7, 11) is 0. The van der Waals surface area contributed by atoms with Crippen LogP contribution in [0, 0.1) is 24.0 Å². The first-order chi connectivity index (χ1) is 11.4. The van der Waals surface area contributed by atoms with Crippen LogP contribution >= 0.6 is 0 Å². The fraction of sp³-hybridized carbons (Fsp3) is 0.533. The molecule has 0 spiro atoms. The summed E-state index contributed by atoms with van der Waals surface area (Å²) in [5.41, 5.74) is 1.69. The standard InChI is InChI=1S/C15H22N6O3/c1-4-13(20-12(3)8-14(18-20)21(23)24)15(22)16-6-5-7-19-10-11(2)9-17-19/h8-10,13H,4-7H2,1-3H3,(H,16,22). The molecule has 0 bridgehead atoms. The van der Waals surface area contributed by atoms with Crippen LogP contribution in [0.25, 0.3) is 0 Å². The monoisotopic (exact) mass is 334 g/mol. The van der Waals surface area contributed by atoms with E-state index < -0.39 is 11.0 Å². The molecule has 130 valence electrons. The van der Waals surface area contributed by atoms with Crippen LogP contribution in [0.5, 0.6) is 0 Å². The van der Waals surface area contributed by atoms with Crippen molar-refractivity contribution in [3.05, 3.63) is 39.8 Å². The maximum atomic E-state index is 12.4. The summed E-state index contributed by atoms with van der Waals surface area (Å²) < 4.78 is 3.25. The lowest BCUT2D eigenvalue weighted by atomic mass is 10.2. The molecule has 0 aliphatic heterocycles. The average molecular weight is 334 g/mol. The molecule has 0 saturated carbocycles. The van der Waals surface area contributed by atoms with Crippen molar-refractivity contribution in [1.29, 1.82) is 0 Å². The van der Waals surface area contributed by atoms with Crippen LogP contribution in [-0.4, -0.2) is 36.9 Å². The van der Waals surface area contributed by atoms with E-state index in [2.05, 4.69) is 15.5 Å². The van der Waals surface area contributed by atoms with Gasteiger partial charge in [-0.3, -0.25) is 9.48 Å². The number of rotatable bonds is 8. The van der Waals surface area contributed by atoms with Crippen molar-refractivity contribution in [3.63, 3.8) is 0 Å². The van der Waals surface area contributed by atoms with E-state index >= 15 is 0 Å². The predicted octanol–water partition coefficient (Wildman–Crippen LogP) is 1.76. The Bertz CT molecular complexity index is 721. The number of carbonyl (C=O) groups excluding carboxylic acids is 1. The molecule has 1 unspecified atom stereocenters. The Hall–Kier alpha value is -2.71. The number of nitrogens with zero attached hydrogens (tertiary/aromatic N) is 5. The zero-order valence-electron chi connectivity index (χ0n) is 14.1. The van der Waals surface area contributed by atoms with E-state index in [1.807, 2.05) is 24.7 Å². The van der Waals surface area contributed by atoms with Crippen molar-refractivity contribution in [1.82, 2.24) is 24.9 Å². The van der Waals surface area contributed by atoms with Crippen LogP contribution in [-0.2, 0) is 11.3 Å². The highest BCUT2D eigenvalue weighted by molar-refractivity contribution is 5.80. The zero-order chi connectivity index (χ0) is 17.7. The lowest BCUT2D eigenvalue weighted by Gasteiger charge is -2.14. The Morgan fingerprint density at radius 2 is 2.21 bits per heavy atom. The van der Waals surface area contributed by atoms with Gasteiger partial charge in [0.1, 0.15) is 0 Å². The van der Waals surface area contributed by atoms with Gasteiger partial charge in [0.2, 0.25) is 5.91 Å². The second kappa shape index (κ2) is 7.71. The minimum absolute atomic E-state index is 0.185. The molecule has 24 heavy (non-hydrogen) atoms. The molecule has 0 radical (unpaired) electrons. The van der Waals surface area contributed by atoms with Crippen LogP contribution < -0.4 is 5.32 Å². The third-order valence-electron chi connectivity index (χ3n) is 3.71. The van der Waals surface area contributed by atoms with Crippen LogP contribution in [0.1, 0.15) is 37.1 Å². The van der Waals surface area contributed by atoms with Gasteiger partial charge in [-0.2, -0.15) is 9.78 Å². The Kier molecular flexibility index (Phi) is 5.67. The first-order valence-electron chi connectivity index (χ1n) is 7.89. The van der Waals surface area contributed by atoms with E-state index in [1.165, 1.54) is 10.7 Å². The van der Waals surface area contributed by atoms with Gasteiger partial charge in [0.15, 0.2) is 6.04 Å². The van der Waals surface area contributed by atoms with E-state index in [0.29, 0.717) is 18.7 Å². The molecular formula is C15H22N6O3. The molecule has 2 heterocycles. The quantitative estimate of drug-likeness (QED) is 0.449. The molecule has 1 N–H and O–H groups in total. The summed E-state index contributed by atoms with van der Waals surface area (Å²) in [4.78, 5) is 22.6. The number of aryl methyl sites for hydroxylation is 3. The largest absolute Gasteiger partial charge is 0.390 e. The normalized spacial score (nSPS) is 12.1. The SMILES string of the molecule is CCC(C(=O)NCCCn1cc(C)cn1)n1nc([N+](=O)[O-])cc1C. The minimum atomic E-state index is -0.555. The number of hydrogen-bond donors (Lipinski definition) is 1. The molecular weight excluding hydrogens is 312 g/mol. The summed E-state index contributed by atoms with van der Waals surface area (Å²) in [6.45, 7) is 6.76. The van der Waals surface area contributed by atoms with Gasteiger partial charge in [-0.15, -0.1) is 0 Å². The second-order valence-electron chi connectivity index (χ2n) is 5.69. The molecule has 0 aliphatic carbocycles. The fourth-order valence-electron chi connectivity index (χ4n) is 2.50. The van der Waals surface area contributed by atoms with Crippen LogP contribution in [0.15, 0.2) is 18.5 Å². The molecule has 2 aromatic heterocycles. The number of carbonyl (C=O) groups is 1. The van der Waals surface area contributed by atoms with Gasteiger partial charge < -0.3 is 15.4 Å². The molecule has 2 aromatic rings. The van der Waals surface area contributed by atoms with Gasteiger partial charge in [0, 0.05) is 19.3 Å². The van der Waals surface area contributed by atoms with E-state index in [1.54, 1.807) is 13.1 Å². The van der Waals surface area contributed by atoms with Crippen molar-refractivity contribution in [3.8, 4) is 0 Å². The van der Waals surface area contributed by atoms with Gasteiger partial charge in [-0.25, -0.2) is 0 Å². The number of amides is 1. The van der Waals surface area contributed by atoms with Crippen molar-refractivity contribution >= 4 is 11.7 Å². The van der Waals surface area contributed by atoms with Gasteiger partial charge in [-0.1, -0.05) is 6.92 Å². The first-order valence-corrected chi connectivity index (χ1v) is 7.89. The lowest BCUT2D eigenvalue weighted by Crippen LogP contribution is -2.34. The van der Waals surface area contributed by atoms with Gasteiger partial charge in [-0.05, 0) is 37.2 Å². The summed E-state index contributed by atoms with van der Waals surface area (Å²) in [5, 5.41) is 21.8. The Morgan fingerprint density at radius 1 is 1.46 bits per heavy atom. The number of aromatic nitrogens is 4. The molecule has 9 heteroatoms. The van der Waals surface area contributed by atoms with Gasteiger partial charge in [0.05, 0.1) is 23.1 Å². The first kappa shape index (κ1) is 17.6. The number of nitrogens with one attached hydrogen (secondary N) is 1. The van der Waals surface area contributed by atoms with Gasteiger partial charge >= 0.3 is 5.82 Å². The molecule has 1 atom stereocenters. The summed E-state index contributed by atoms with van der Waals surface area (Å²) in [6.07, 6.45) is 4.99. The third-order valence-corrected chi connectivity index (χ3v) is 3.71. The molecule has 2 rings (SSSR count). The van der Waals surface area contributed by atoms with Crippen LogP contribution in [0.3, 0.4) is 0 Å². The smallest absolute Gasteiger partial charge is 0.358 e. The maximum absolute atomic E-state index is 12.4. The van der Waals surface area contributed by atoms with E-state index in [4.69, 9.17) is 0 Å².